The molecule has 2 heterocycles. The Morgan fingerprint density at radius 1 is 1.04 bits per heavy atom. The number of likely N-dealkylation sites (tertiary alicyclic amines) is 1. The van der Waals surface area contributed by atoms with E-state index < -0.39 is 11.1 Å². The van der Waals surface area contributed by atoms with Gasteiger partial charge in [0.15, 0.2) is 5.54 Å². The van der Waals surface area contributed by atoms with E-state index in [0.29, 0.717) is 5.82 Å². The molecule has 1 aliphatic heterocycles. The Morgan fingerprint density at radius 3 is 2.25 bits per heavy atom. The highest BCUT2D eigenvalue weighted by Gasteiger charge is 2.55. The van der Waals surface area contributed by atoms with Crippen LogP contribution in [-0.4, -0.2) is 27.2 Å². The van der Waals surface area contributed by atoms with E-state index in [2.05, 4.69) is 10.3 Å². The molecule has 1 fully saturated rings. The van der Waals surface area contributed by atoms with Crippen molar-refractivity contribution in [1.29, 1.82) is 0 Å². The first-order valence-electron chi connectivity index (χ1n) is 7.97. The molecule has 124 valence electrons. The maximum Gasteiger partial charge on any atom is 0.260 e. The van der Waals surface area contributed by atoms with Gasteiger partial charge in [0.25, 0.3) is 5.91 Å². The van der Waals surface area contributed by atoms with Gasteiger partial charge in [0.2, 0.25) is 5.91 Å². The molecule has 0 spiro atoms. The number of amides is 2. The Balaban J connectivity index is 2.11. The molecule has 1 aromatic carbocycles. The van der Waals surface area contributed by atoms with Crippen molar-refractivity contribution in [2.45, 2.75) is 38.3 Å². The lowest BCUT2D eigenvalue weighted by molar-refractivity contribution is -0.145. The summed E-state index contributed by atoms with van der Waals surface area (Å²) < 4.78 is 0. The minimum Gasteiger partial charge on any atom is -0.352 e. The molecule has 5 nitrogen and oxygen atoms in total. The van der Waals surface area contributed by atoms with E-state index in [4.69, 9.17) is 0 Å². The van der Waals surface area contributed by atoms with Gasteiger partial charge in [-0.3, -0.25) is 14.5 Å². The van der Waals surface area contributed by atoms with Crippen LogP contribution in [0.2, 0.25) is 0 Å². The quantitative estimate of drug-likeness (QED) is 0.882. The first-order valence-corrected chi connectivity index (χ1v) is 7.97. The van der Waals surface area contributed by atoms with Gasteiger partial charge in [0.05, 0.1) is 6.42 Å². The summed E-state index contributed by atoms with van der Waals surface area (Å²) in [4.78, 5) is 31.6. The van der Waals surface area contributed by atoms with Crippen molar-refractivity contribution in [3.8, 4) is 0 Å². The number of hydrogen-bond donors (Lipinski definition) is 1. The normalized spacial score (nSPS) is 21.2. The van der Waals surface area contributed by atoms with Crippen molar-refractivity contribution in [2.75, 3.05) is 5.32 Å². The molecule has 5 heteroatoms. The number of aromatic nitrogens is 1. The summed E-state index contributed by atoms with van der Waals surface area (Å²) in [6, 6.07) is 14.8. The van der Waals surface area contributed by atoms with Crippen LogP contribution < -0.4 is 5.32 Å². The first-order chi connectivity index (χ1) is 11.3. The molecule has 1 atom stereocenters. The number of benzene rings is 1. The van der Waals surface area contributed by atoms with Crippen LogP contribution in [0.25, 0.3) is 0 Å². The molecule has 3 rings (SSSR count). The number of nitrogens with one attached hydrogen (secondary N) is 1. The van der Waals surface area contributed by atoms with Gasteiger partial charge in [-0.05, 0) is 38.5 Å². The maximum absolute atomic E-state index is 13.3. The summed E-state index contributed by atoms with van der Waals surface area (Å²) in [5.41, 5.74) is -0.933. The Labute approximate surface area is 141 Å². The first kappa shape index (κ1) is 16.2. The molecule has 0 bridgehead atoms. The van der Waals surface area contributed by atoms with Crippen LogP contribution >= 0.6 is 0 Å². The third-order valence-corrected chi connectivity index (χ3v) is 4.18. The number of carbonyl (C=O) groups excluding carboxylic acids is 2. The highest BCUT2D eigenvalue weighted by atomic mass is 16.2. The second kappa shape index (κ2) is 5.74. The number of hydrogen-bond acceptors (Lipinski definition) is 4. The predicted octanol–water partition coefficient (Wildman–Crippen LogP) is 2.95. The fourth-order valence-electron chi connectivity index (χ4n) is 3.14. The zero-order chi connectivity index (χ0) is 17.4. The molecule has 1 aliphatic rings. The topological polar surface area (TPSA) is 62.3 Å². The van der Waals surface area contributed by atoms with E-state index in [1.165, 1.54) is 4.90 Å². The molecule has 0 saturated carbocycles. The van der Waals surface area contributed by atoms with E-state index in [0.717, 1.165) is 5.56 Å². The second-order valence-electron chi connectivity index (χ2n) is 6.99. The largest absolute Gasteiger partial charge is 0.352 e. The van der Waals surface area contributed by atoms with Gasteiger partial charge in [-0.25, -0.2) is 4.98 Å². The standard InChI is InChI=1S/C19H21N3O2/c1-18(2,3)22-16(23)13-19(17(22)24,14-9-5-4-6-10-14)21-15-11-7-8-12-20-15/h4-12H,13H2,1-3H3,(H,20,21)/t19-/m0/s1. The van der Waals surface area contributed by atoms with Crippen molar-refractivity contribution in [3.63, 3.8) is 0 Å². The van der Waals surface area contributed by atoms with Crippen molar-refractivity contribution in [1.82, 2.24) is 9.88 Å². The summed E-state index contributed by atoms with van der Waals surface area (Å²) in [5.74, 6) is 0.148. The molecule has 2 amide bonds. The van der Waals surface area contributed by atoms with Gasteiger partial charge >= 0.3 is 0 Å². The predicted molar refractivity (Wildman–Crippen MR) is 92.2 cm³/mol. The van der Waals surface area contributed by atoms with Gasteiger partial charge in [-0.15, -0.1) is 0 Å². The zero-order valence-corrected chi connectivity index (χ0v) is 14.1. The lowest BCUT2D eigenvalue weighted by atomic mass is 9.87. The van der Waals surface area contributed by atoms with Crippen molar-refractivity contribution < 1.29 is 9.59 Å². The van der Waals surface area contributed by atoms with E-state index in [-0.39, 0.29) is 18.2 Å². The van der Waals surface area contributed by atoms with Crippen LogP contribution in [0.3, 0.4) is 0 Å². The van der Waals surface area contributed by atoms with Crippen LogP contribution in [-0.2, 0) is 15.1 Å². The van der Waals surface area contributed by atoms with Gasteiger partial charge in [0, 0.05) is 11.7 Å². The monoisotopic (exact) mass is 323 g/mol. The molecule has 0 radical (unpaired) electrons. The van der Waals surface area contributed by atoms with Crippen LogP contribution in [0, 0.1) is 0 Å². The minimum absolute atomic E-state index is 0.0731. The fourth-order valence-corrected chi connectivity index (χ4v) is 3.14. The molecule has 0 unspecified atom stereocenters. The van der Waals surface area contributed by atoms with Gasteiger partial charge in [-0.1, -0.05) is 36.4 Å². The number of nitrogens with zero attached hydrogens (tertiary/aromatic N) is 2. The molecule has 1 N–H and O–H groups in total. The van der Waals surface area contributed by atoms with Gasteiger partial charge < -0.3 is 5.32 Å². The third-order valence-electron chi connectivity index (χ3n) is 4.18. The Morgan fingerprint density at radius 2 is 1.71 bits per heavy atom. The molecular weight excluding hydrogens is 302 g/mol. The van der Waals surface area contributed by atoms with Crippen LogP contribution in [0.1, 0.15) is 32.8 Å². The number of carbonyl (C=O) groups is 2. The SMILES string of the molecule is CC(C)(C)N1C(=O)C[C@](Nc2ccccn2)(c2ccccc2)C1=O. The third kappa shape index (κ3) is 2.66. The van der Waals surface area contributed by atoms with E-state index >= 15 is 0 Å². The second-order valence-corrected chi connectivity index (χ2v) is 6.99. The van der Waals surface area contributed by atoms with Crippen LogP contribution in [0.4, 0.5) is 5.82 Å². The highest BCUT2D eigenvalue weighted by Crippen LogP contribution is 2.40. The lowest BCUT2D eigenvalue weighted by Gasteiger charge is -2.34. The average Bonchev–Trinajstić information content (AvgIpc) is 2.80. The molecule has 1 saturated heterocycles. The van der Waals surface area contributed by atoms with Crippen molar-refractivity contribution >= 4 is 17.6 Å². The molecule has 24 heavy (non-hydrogen) atoms. The molecule has 1 aromatic heterocycles. The molecule has 2 aromatic rings. The smallest absolute Gasteiger partial charge is 0.260 e. The summed E-state index contributed by atoms with van der Waals surface area (Å²) in [5, 5.41) is 3.23. The lowest BCUT2D eigenvalue weighted by Crippen LogP contribution is -2.50. The number of pyridine rings is 1. The Hall–Kier alpha value is -2.69. The Bertz CT molecular complexity index is 753. The number of anilines is 1. The van der Waals surface area contributed by atoms with Crippen LogP contribution in [0.5, 0.6) is 0 Å². The van der Waals surface area contributed by atoms with Crippen molar-refractivity contribution in [2.24, 2.45) is 0 Å². The zero-order valence-electron chi connectivity index (χ0n) is 14.1. The fraction of sp³-hybridized carbons (Fsp3) is 0.316. The van der Waals surface area contributed by atoms with Gasteiger partial charge in [0.1, 0.15) is 5.82 Å². The Kier molecular flexibility index (Phi) is 3.87. The summed E-state index contributed by atoms with van der Waals surface area (Å²) in [6.45, 7) is 5.60. The maximum atomic E-state index is 13.3. The van der Waals surface area contributed by atoms with Crippen LogP contribution in [0.15, 0.2) is 54.7 Å². The highest BCUT2D eigenvalue weighted by molar-refractivity contribution is 6.10. The molecular formula is C19H21N3O2. The van der Waals surface area contributed by atoms with E-state index in [9.17, 15) is 9.59 Å². The summed E-state index contributed by atoms with van der Waals surface area (Å²) in [6.07, 6.45) is 1.73. The minimum atomic E-state index is -1.13. The summed E-state index contributed by atoms with van der Waals surface area (Å²) in [7, 11) is 0. The van der Waals surface area contributed by atoms with E-state index in [1.54, 1.807) is 12.3 Å². The van der Waals surface area contributed by atoms with Gasteiger partial charge in [-0.2, -0.15) is 0 Å². The number of imide groups is 1. The average molecular weight is 323 g/mol. The summed E-state index contributed by atoms with van der Waals surface area (Å²) >= 11 is 0. The molecule has 0 aliphatic carbocycles. The van der Waals surface area contributed by atoms with Crippen molar-refractivity contribution in [3.05, 3.63) is 60.3 Å². The number of rotatable bonds is 3. The van der Waals surface area contributed by atoms with E-state index in [1.807, 2.05) is 63.2 Å².